The van der Waals surface area contributed by atoms with Crippen molar-refractivity contribution in [1.29, 1.82) is 0 Å². The number of nitrogens with one attached hydrogen (secondary N) is 1. The van der Waals surface area contributed by atoms with Crippen LogP contribution in [0, 0.1) is 5.92 Å². The van der Waals surface area contributed by atoms with Crippen LogP contribution in [-0.2, 0) is 14.5 Å². The summed E-state index contributed by atoms with van der Waals surface area (Å²) < 4.78 is 33.0. The van der Waals surface area contributed by atoms with E-state index >= 15 is 0 Å². The summed E-state index contributed by atoms with van der Waals surface area (Å²) in [6.45, 7) is 1.93. The highest BCUT2D eigenvalue weighted by Gasteiger charge is 2.36. The third-order valence-electron chi connectivity index (χ3n) is 7.20. The van der Waals surface area contributed by atoms with Crippen LogP contribution < -0.4 is 14.8 Å². The van der Waals surface area contributed by atoms with Crippen molar-refractivity contribution in [1.82, 2.24) is 19.9 Å². The van der Waals surface area contributed by atoms with E-state index < -0.39 is 22.3 Å². The molecule has 1 aliphatic carbocycles. The van der Waals surface area contributed by atoms with Gasteiger partial charge in [0.25, 0.3) is 0 Å². The van der Waals surface area contributed by atoms with Crippen molar-refractivity contribution >= 4 is 37.9 Å². The number of hydrogen-bond acceptors (Lipinski definition) is 9. The normalized spacial score (nSPS) is 22.3. The van der Waals surface area contributed by atoms with Gasteiger partial charge in [-0.2, -0.15) is 13.4 Å². The minimum absolute atomic E-state index is 0.201. The SMILES string of the molecule is NS(=O)(=O)OC[C@@H]1CC(Oc2ncnc3nc(-c4ccc(N5CCCC5)c5ccccc45)[nH]c23)C[C@@H]1O. The largest absolute Gasteiger partial charge is 0.473 e. The molecule has 1 saturated heterocycles. The molecule has 4 aromatic rings. The predicted octanol–water partition coefficient (Wildman–Crippen LogP) is 2.51. The van der Waals surface area contributed by atoms with E-state index in [1.165, 1.54) is 30.2 Å². The van der Waals surface area contributed by atoms with Gasteiger partial charge in [-0.05, 0) is 36.8 Å². The van der Waals surface area contributed by atoms with Gasteiger partial charge in [-0.3, -0.25) is 4.18 Å². The zero-order valence-electron chi connectivity index (χ0n) is 20.1. The van der Waals surface area contributed by atoms with E-state index in [0.29, 0.717) is 35.7 Å². The molecule has 37 heavy (non-hydrogen) atoms. The monoisotopic (exact) mass is 524 g/mol. The molecular weight excluding hydrogens is 496 g/mol. The molecule has 194 valence electrons. The fraction of sp³-hybridized carbons (Fsp3) is 0.400. The first kappa shape index (κ1) is 24.0. The summed E-state index contributed by atoms with van der Waals surface area (Å²) in [7, 11) is -4.08. The molecule has 1 unspecified atom stereocenters. The van der Waals surface area contributed by atoms with Gasteiger partial charge in [-0.15, -0.1) is 0 Å². The highest BCUT2D eigenvalue weighted by molar-refractivity contribution is 7.84. The number of fused-ring (bicyclic) bond motifs is 2. The molecule has 3 heterocycles. The van der Waals surface area contributed by atoms with Gasteiger partial charge in [-0.1, -0.05) is 24.3 Å². The number of nitrogens with two attached hydrogens (primary N) is 1. The lowest BCUT2D eigenvalue weighted by Gasteiger charge is -2.20. The Kier molecular flexibility index (Phi) is 6.19. The summed E-state index contributed by atoms with van der Waals surface area (Å²) >= 11 is 0. The van der Waals surface area contributed by atoms with Crippen LogP contribution >= 0.6 is 0 Å². The zero-order chi connectivity index (χ0) is 25.6. The van der Waals surface area contributed by atoms with Crippen LogP contribution in [-0.4, -0.2) is 65.4 Å². The van der Waals surface area contributed by atoms with Crippen LogP contribution in [0.1, 0.15) is 25.7 Å². The van der Waals surface area contributed by atoms with Crippen molar-refractivity contribution in [2.75, 3.05) is 24.6 Å². The predicted molar refractivity (Wildman–Crippen MR) is 138 cm³/mol. The van der Waals surface area contributed by atoms with E-state index in [9.17, 15) is 13.5 Å². The number of aromatic nitrogens is 4. The molecule has 2 aromatic heterocycles. The van der Waals surface area contributed by atoms with E-state index in [1.54, 1.807) is 0 Å². The van der Waals surface area contributed by atoms with Gasteiger partial charge in [0.05, 0.1) is 12.7 Å². The smallest absolute Gasteiger partial charge is 0.333 e. The number of hydrogen-bond donors (Lipinski definition) is 3. The molecule has 3 atom stereocenters. The summed E-state index contributed by atoms with van der Waals surface area (Å²) in [5.41, 5.74) is 3.22. The number of nitrogens with zero attached hydrogens (tertiary/aromatic N) is 4. The van der Waals surface area contributed by atoms with Crippen molar-refractivity contribution in [2.24, 2.45) is 11.1 Å². The van der Waals surface area contributed by atoms with Gasteiger partial charge < -0.3 is 19.7 Å². The van der Waals surface area contributed by atoms with E-state index in [-0.39, 0.29) is 12.7 Å². The third-order valence-corrected chi connectivity index (χ3v) is 7.66. The van der Waals surface area contributed by atoms with E-state index in [4.69, 9.17) is 14.9 Å². The molecular formula is C25H28N6O5S. The highest BCUT2D eigenvalue weighted by Crippen LogP contribution is 2.37. The number of rotatable bonds is 7. The maximum Gasteiger partial charge on any atom is 0.333 e. The Bertz CT molecular complexity index is 1550. The lowest BCUT2D eigenvalue weighted by molar-refractivity contribution is 0.0986. The van der Waals surface area contributed by atoms with Gasteiger partial charge in [0.1, 0.15) is 23.8 Å². The lowest BCUT2D eigenvalue weighted by Crippen LogP contribution is -2.24. The first-order chi connectivity index (χ1) is 17.9. The molecule has 4 N–H and O–H groups in total. The lowest BCUT2D eigenvalue weighted by atomic mass is 10.0. The Hall–Kier alpha value is -3.32. The molecule has 6 rings (SSSR count). The second-order valence-corrected chi connectivity index (χ2v) is 10.9. The van der Waals surface area contributed by atoms with Crippen LogP contribution in [0.15, 0.2) is 42.7 Å². The molecule has 0 amide bonds. The number of benzene rings is 2. The average Bonchev–Trinajstić information content (AvgIpc) is 3.62. The number of aromatic amines is 1. The van der Waals surface area contributed by atoms with Crippen molar-refractivity contribution in [3.8, 4) is 17.3 Å². The minimum atomic E-state index is -4.08. The number of H-pyrrole nitrogens is 1. The van der Waals surface area contributed by atoms with Crippen molar-refractivity contribution < 1.29 is 22.4 Å². The first-order valence-corrected chi connectivity index (χ1v) is 13.8. The first-order valence-electron chi connectivity index (χ1n) is 12.4. The highest BCUT2D eigenvalue weighted by atomic mass is 32.2. The Morgan fingerprint density at radius 2 is 1.86 bits per heavy atom. The van der Waals surface area contributed by atoms with E-state index in [2.05, 4.69) is 54.4 Å². The maximum atomic E-state index is 11.1. The van der Waals surface area contributed by atoms with E-state index in [1.807, 2.05) is 6.07 Å². The Balaban J connectivity index is 1.29. The van der Waals surface area contributed by atoms with Crippen LogP contribution in [0.25, 0.3) is 33.3 Å². The van der Waals surface area contributed by atoms with Gasteiger partial charge in [0.2, 0.25) is 5.88 Å². The molecule has 0 bridgehead atoms. The summed E-state index contributed by atoms with van der Waals surface area (Å²) in [5, 5.41) is 17.5. The molecule has 2 aromatic carbocycles. The van der Waals surface area contributed by atoms with Crippen molar-refractivity contribution in [3.05, 3.63) is 42.7 Å². The standard InChI is InChI=1S/C25H28N6O5S/c26-37(33,34)35-13-15-11-16(12-21(15)32)36-25-22-24(27-14-28-25)30-23(29-22)19-7-8-20(31-9-3-4-10-31)18-6-2-1-5-17(18)19/h1-2,5-8,14-16,21,32H,3-4,9-13H2,(H2,26,33,34)(H,27,28,29,30)/t15-,16?,21-/m0/s1. The second kappa shape index (κ2) is 9.53. The maximum absolute atomic E-state index is 11.1. The molecule has 2 fully saturated rings. The summed E-state index contributed by atoms with van der Waals surface area (Å²) in [4.78, 5) is 19.1. The molecule has 0 radical (unpaired) electrons. The van der Waals surface area contributed by atoms with Crippen LogP contribution in [0.2, 0.25) is 0 Å². The summed E-state index contributed by atoms with van der Waals surface area (Å²) in [6, 6.07) is 12.6. The number of aliphatic hydroxyl groups is 1. The van der Waals surface area contributed by atoms with Crippen LogP contribution in [0.3, 0.4) is 0 Å². The fourth-order valence-corrected chi connectivity index (χ4v) is 5.78. The molecule has 11 nitrogen and oxygen atoms in total. The Labute approximate surface area is 213 Å². The second-order valence-electron chi connectivity index (χ2n) is 9.65. The van der Waals surface area contributed by atoms with Gasteiger partial charge in [-0.25, -0.2) is 15.1 Å². The van der Waals surface area contributed by atoms with Crippen molar-refractivity contribution in [2.45, 2.75) is 37.9 Å². The molecule has 0 spiro atoms. The number of imidazole rings is 1. The molecule has 1 saturated carbocycles. The van der Waals surface area contributed by atoms with Crippen LogP contribution in [0.5, 0.6) is 5.88 Å². The quantitative estimate of drug-likeness (QED) is 0.330. The third kappa shape index (κ3) is 4.85. The topological polar surface area (TPSA) is 157 Å². The summed E-state index contributed by atoms with van der Waals surface area (Å²) in [6.07, 6.45) is 3.36. The Morgan fingerprint density at radius 1 is 1.08 bits per heavy atom. The van der Waals surface area contributed by atoms with Crippen LogP contribution in [0.4, 0.5) is 5.69 Å². The summed E-state index contributed by atoms with van der Waals surface area (Å²) in [5.74, 6) is 0.570. The average molecular weight is 525 g/mol. The molecule has 2 aliphatic rings. The molecule has 12 heteroatoms. The van der Waals surface area contributed by atoms with Gasteiger partial charge >= 0.3 is 10.3 Å². The fourth-order valence-electron chi connectivity index (χ4n) is 5.42. The van der Waals surface area contributed by atoms with Gasteiger partial charge in [0.15, 0.2) is 5.65 Å². The van der Waals surface area contributed by atoms with E-state index in [0.717, 1.165) is 24.0 Å². The number of ether oxygens (including phenoxy) is 1. The zero-order valence-corrected chi connectivity index (χ0v) is 20.9. The number of anilines is 1. The number of aliphatic hydroxyl groups excluding tert-OH is 1. The van der Waals surface area contributed by atoms with Crippen molar-refractivity contribution in [3.63, 3.8) is 0 Å². The van der Waals surface area contributed by atoms with Gasteiger partial charge in [0, 0.05) is 42.1 Å². The molecule has 1 aliphatic heterocycles. The Morgan fingerprint density at radius 3 is 2.65 bits per heavy atom. The minimum Gasteiger partial charge on any atom is -0.473 e.